The summed E-state index contributed by atoms with van der Waals surface area (Å²) in [6, 6.07) is 4.52. The number of aryl methyl sites for hydroxylation is 2. The lowest BCUT2D eigenvalue weighted by molar-refractivity contribution is 0.570. The molecule has 0 fully saturated rings. The molecule has 0 saturated carbocycles. The zero-order valence-corrected chi connectivity index (χ0v) is 11.0. The van der Waals surface area contributed by atoms with Gasteiger partial charge in [-0.15, -0.1) is 0 Å². The first-order valence-electron chi connectivity index (χ1n) is 6.03. The van der Waals surface area contributed by atoms with E-state index in [-0.39, 0.29) is 11.6 Å². The predicted molar refractivity (Wildman–Crippen MR) is 72.7 cm³/mol. The van der Waals surface area contributed by atoms with Crippen molar-refractivity contribution in [2.45, 2.75) is 13.8 Å². The summed E-state index contributed by atoms with van der Waals surface area (Å²) in [5.41, 5.74) is 8.97. The molecule has 0 aliphatic carbocycles. The van der Waals surface area contributed by atoms with Gasteiger partial charge in [0.2, 0.25) is 0 Å². The number of aromatic nitrogens is 3. The first-order chi connectivity index (χ1) is 9.47. The van der Waals surface area contributed by atoms with E-state index in [1.54, 1.807) is 0 Å². The van der Waals surface area contributed by atoms with Crippen LogP contribution < -0.4 is 5.73 Å². The Morgan fingerprint density at radius 2 is 1.75 bits per heavy atom. The van der Waals surface area contributed by atoms with Gasteiger partial charge in [-0.3, -0.25) is 4.57 Å². The molecule has 3 aromatic rings. The molecule has 4 nitrogen and oxygen atoms in total. The number of nitrogens with zero attached hydrogens (tertiary/aromatic N) is 3. The van der Waals surface area contributed by atoms with Gasteiger partial charge in [-0.05, 0) is 37.1 Å². The largest absolute Gasteiger partial charge is 0.381 e. The summed E-state index contributed by atoms with van der Waals surface area (Å²) >= 11 is 0. The molecule has 6 heteroatoms. The number of halogens is 2. The highest BCUT2D eigenvalue weighted by Crippen LogP contribution is 2.23. The van der Waals surface area contributed by atoms with E-state index in [1.165, 1.54) is 10.9 Å². The van der Waals surface area contributed by atoms with Crippen molar-refractivity contribution in [3.8, 4) is 5.82 Å². The Balaban J connectivity index is 2.30. The molecule has 0 saturated heterocycles. The van der Waals surface area contributed by atoms with Gasteiger partial charge < -0.3 is 5.73 Å². The standard InChI is InChI=1S/C14H12F2N4/c1-7-3-11-12(4-8(7)2)20(6-18-11)14-10(16)5-9(15)13(17)19-14/h3-6H,1-2H3,(H2,17,19). The molecule has 0 radical (unpaired) electrons. The van der Waals surface area contributed by atoms with Crippen molar-refractivity contribution in [1.82, 2.24) is 14.5 Å². The molecule has 2 heterocycles. The maximum absolute atomic E-state index is 13.9. The number of nitrogens with two attached hydrogens (primary N) is 1. The Morgan fingerprint density at radius 3 is 2.50 bits per heavy atom. The number of hydrogen-bond acceptors (Lipinski definition) is 3. The summed E-state index contributed by atoms with van der Waals surface area (Å²) < 4.78 is 28.5. The minimum absolute atomic E-state index is 0.0605. The van der Waals surface area contributed by atoms with Crippen LogP contribution in [-0.4, -0.2) is 14.5 Å². The van der Waals surface area contributed by atoms with Gasteiger partial charge in [0.1, 0.15) is 6.33 Å². The molecule has 3 rings (SSSR count). The average molecular weight is 274 g/mol. The lowest BCUT2D eigenvalue weighted by atomic mass is 10.1. The second-order valence-corrected chi connectivity index (χ2v) is 4.70. The minimum Gasteiger partial charge on any atom is -0.381 e. The SMILES string of the molecule is Cc1cc2ncn(-c3nc(N)c(F)cc3F)c2cc1C. The molecule has 2 aromatic heterocycles. The van der Waals surface area contributed by atoms with Crippen LogP contribution in [0.3, 0.4) is 0 Å². The summed E-state index contributed by atoms with van der Waals surface area (Å²) in [5, 5.41) is 0. The van der Waals surface area contributed by atoms with Gasteiger partial charge in [0.15, 0.2) is 23.3 Å². The molecule has 0 amide bonds. The first kappa shape index (κ1) is 12.5. The van der Waals surface area contributed by atoms with Gasteiger partial charge in [-0.2, -0.15) is 0 Å². The number of fused-ring (bicyclic) bond motifs is 1. The van der Waals surface area contributed by atoms with Crippen molar-refractivity contribution in [2.24, 2.45) is 0 Å². The van der Waals surface area contributed by atoms with Crippen molar-refractivity contribution in [3.63, 3.8) is 0 Å². The molecule has 20 heavy (non-hydrogen) atoms. The number of nitrogen functional groups attached to an aromatic ring is 1. The van der Waals surface area contributed by atoms with Crippen molar-refractivity contribution < 1.29 is 8.78 Å². The number of imidazole rings is 1. The van der Waals surface area contributed by atoms with Gasteiger partial charge >= 0.3 is 0 Å². The molecule has 0 atom stereocenters. The Hall–Kier alpha value is -2.50. The second-order valence-electron chi connectivity index (χ2n) is 4.70. The highest BCUT2D eigenvalue weighted by Gasteiger charge is 2.14. The fourth-order valence-corrected chi connectivity index (χ4v) is 2.07. The molecule has 1 aromatic carbocycles. The zero-order valence-electron chi connectivity index (χ0n) is 11.0. The topological polar surface area (TPSA) is 56.7 Å². The maximum atomic E-state index is 13.9. The van der Waals surface area contributed by atoms with Crippen molar-refractivity contribution >= 4 is 16.9 Å². The third-order valence-electron chi connectivity index (χ3n) is 3.33. The zero-order chi connectivity index (χ0) is 14.4. The number of benzene rings is 1. The summed E-state index contributed by atoms with van der Waals surface area (Å²) in [4.78, 5) is 7.98. The molecule has 0 aliphatic rings. The number of pyridine rings is 1. The van der Waals surface area contributed by atoms with E-state index in [1.807, 2.05) is 26.0 Å². The molecule has 0 bridgehead atoms. The van der Waals surface area contributed by atoms with Crippen LogP contribution in [0.15, 0.2) is 24.5 Å². The number of rotatable bonds is 1. The van der Waals surface area contributed by atoms with Crippen molar-refractivity contribution in [3.05, 3.63) is 47.3 Å². The lowest BCUT2D eigenvalue weighted by Crippen LogP contribution is -2.05. The lowest BCUT2D eigenvalue weighted by Gasteiger charge is -2.07. The van der Waals surface area contributed by atoms with Gasteiger partial charge in [0.25, 0.3) is 0 Å². The van der Waals surface area contributed by atoms with Crippen LogP contribution in [0.2, 0.25) is 0 Å². The third-order valence-corrected chi connectivity index (χ3v) is 3.33. The van der Waals surface area contributed by atoms with E-state index in [9.17, 15) is 8.78 Å². The summed E-state index contributed by atoms with van der Waals surface area (Å²) in [7, 11) is 0. The van der Waals surface area contributed by atoms with E-state index in [4.69, 9.17) is 5.73 Å². The van der Waals surface area contributed by atoms with E-state index >= 15 is 0 Å². The molecular weight excluding hydrogens is 262 g/mol. The summed E-state index contributed by atoms with van der Waals surface area (Å²) in [6.07, 6.45) is 1.45. The second kappa shape index (κ2) is 4.26. The molecule has 0 unspecified atom stereocenters. The van der Waals surface area contributed by atoms with E-state index in [0.717, 1.165) is 22.7 Å². The highest BCUT2D eigenvalue weighted by atomic mass is 19.1. The van der Waals surface area contributed by atoms with Crippen LogP contribution in [0.4, 0.5) is 14.6 Å². The van der Waals surface area contributed by atoms with Gasteiger partial charge in [0.05, 0.1) is 11.0 Å². The molecule has 2 N–H and O–H groups in total. The Bertz CT molecular complexity index is 824. The molecule has 102 valence electrons. The maximum Gasteiger partial charge on any atom is 0.177 e. The van der Waals surface area contributed by atoms with Crippen LogP contribution in [0.5, 0.6) is 0 Å². The number of anilines is 1. The van der Waals surface area contributed by atoms with Crippen molar-refractivity contribution in [2.75, 3.05) is 5.73 Å². The molecule has 0 aliphatic heterocycles. The molecule has 0 spiro atoms. The first-order valence-corrected chi connectivity index (χ1v) is 6.03. The van der Waals surface area contributed by atoms with E-state index < -0.39 is 11.6 Å². The third kappa shape index (κ3) is 1.80. The van der Waals surface area contributed by atoms with Gasteiger partial charge in [0, 0.05) is 6.07 Å². The fourth-order valence-electron chi connectivity index (χ4n) is 2.07. The Kier molecular flexibility index (Phi) is 2.67. The normalized spacial score (nSPS) is 11.2. The summed E-state index contributed by atoms with van der Waals surface area (Å²) in [6.45, 7) is 3.93. The van der Waals surface area contributed by atoms with Crippen molar-refractivity contribution in [1.29, 1.82) is 0 Å². The minimum atomic E-state index is -0.873. The smallest absolute Gasteiger partial charge is 0.177 e. The Labute approximate surface area is 113 Å². The Morgan fingerprint density at radius 1 is 1.05 bits per heavy atom. The highest BCUT2D eigenvalue weighted by molar-refractivity contribution is 5.79. The van der Waals surface area contributed by atoms with E-state index in [2.05, 4.69) is 9.97 Å². The van der Waals surface area contributed by atoms with Crippen LogP contribution >= 0.6 is 0 Å². The average Bonchev–Trinajstić information content (AvgIpc) is 2.77. The number of hydrogen-bond donors (Lipinski definition) is 1. The van der Waals surface area contributed by atoms with E-state index in [0.29, 0.717) is 5.52 Å². The summed E-state index contributed by atoms with van der Waals surface area (Å²) in [5.74, 6) is -2.06. The monoisotopic (exact) mass is 274 g/mol. The fraction of sp³-hybridized carbons (Fsp3) is 0.143. The van der Waals surface area contributed by atoms with Crippen LogP contribution in [0.1, 0.15) is 11.1 Å². The van der Waals surface area contributed by atoms with Crippen LogP contribution in [0.25, 0.3) is 16.9 Å². The van der Waals surface area contributed by atoms with Gasteiger partial charge in [-0.1, -0.05) is 0 Å². The quantitative estimate of drug-likeness (QED) is 0.742. The predicted octanol–water partition coefficient (Wildman–Crippen LogP) is 2.90. The molecular formula is C14H12F2N4. The van der Waals surface area contributed by atoms with Gasteiger partial charge in [-0.25, -0.2) is 18.7 Å². The van der Waals surface area contributed by atoms with Crippen LogP contribution in [0, 0.1) is 25.5 Å². The van der Waals surface area contributed by atoms with Crippen LogP contribution in [-0.2, 0) is 0 Å².